The summed E-state index contributed by atoms with van der Waals surface area (Å²) in [4.78, 5) is 0. The van der Waals surface area contributed by atoms with Crippen LogP contribution in [0.5, 0.6) is 0 Å². The molecular formula is C13H28O9. The highest BCUT2D eigenvalue weighted by Crippen LogP contribution is 2.26. The maximum absolute atomic E-state index is 10.0. The molecule has 0 aromatic rings. The second kappa shape index (κ2) is 10.4. The molecule has 2 atom stereocenters. The van der Waals surface area contributed by atoms with E-state index in [1.807, 2.05) is 0 Å². The van der Waals surface area contributed by atoms with Crippen LogP contribution >= 0.6 is 0 Å². The summed E-state index contributed by atoms with van der Waals surface area (Å²) in [7, 11) is 0. The highest BCUT2D eigenvalue weighted by molar-refractivity contribution is 4.88. The van der Waals surface area contributed by atoms with Crippen molar-refractivity contribution >= 4 is 0 Å². The topological polar surface area (TPSA) is 171 Å². The molecule has 9 heteroatoms. The molecule has 134 valence electrons. The Morgan fingerprint density at radius 3 is 1.59 bits per heavy atom. The normalized spacial score (nSPS) is 15.8. The molecule has 22 heavy (non-hydrogen) atoms. The van der Waals surface area contributed by atoms with Gasteiger partial charge in [-0.05, 0) is 0 Å². The van der Waals surface area contributed by atoms with E-state index in [2.05, 4.69) is 0 Å². The van der Waals surface area contributed by atoms with Gasteiger partial charge in [0.05, 0.1) is 75.9 Å². The van der Waals surface area contributed by atoms with Gasteiger partial charge in [-0.25, -0.2) is 0 Å². The summed E-state index contributed by atoms with van der Waals surface area (Å²) in [6.07, 6.45) is -2.83. The molecule has 0 aromatic carbocycles. The van der Waals surface area contributed by atoms with Crippen LogP contribution < -0.4 is 0 Å². The van der Waals surface area contributed by atoms with Crippen LogP contribution in [0, 0.1) is 10.8 Å². The van der Waals surface area contributed by atoms with E-state index >= 15 is 0 Å². The molecule has 8 N–H and O–H groups in total. The summed E-state index contributed by atoms with van der Waals surface area (Å²) in [6, 6.07) is 0. The number of rotatable bonds is 13. The van der Waals surface area contributed by atoms with Crippen LogP contribution in [-0.2, 0) is 4.74 Å². The molecule has 0 aromatic heterocycles. The lowest BCUT2D eigenvalue weighted by Crippen LogP contribution is -2.49. The van der Waals surface area contributed by atoms with E-state index in [0.29, 0.717) is 0 Å². The molecular weight excluding hydrogens is 300 g/mol. The average Bonchev–Trinajstić information content (AvgIpc) is 2.56. The first-order chi connectivity index (χ1) is 10.4. The van der Waals surface area contributed by atoms with Crippen LogP contribution in [0.25, 0.3) is 0 Å². The molecule has 0 rings (SSSR count). The van der Waals surface area contributed by atoms with Crippen molar-refractivity contribution in [2.24, 2.45) is 10.8 Å². The van der Waals surface area contributed by atoms with Gasteiger partial charge in [-0.2, -0.15) is 0 Å². The molecule has 0 saturated heterocycles. The van der Waals surface area contributed by atoms with E-state index in [4.69, 9.17) is 9.84 Å². The van der Waals surface area contributed by atoms with E-state index < -0.39 is 62.7 Å². The highest BCUT2D eigenvalue weighted by atomic mass is 16.5. The highest BCUT2D eigenvalue weighted by Gasteiger charge is 2.39. The Morgan fingerprint density at radius 1 is 0.727 bits per heavy atom. The maximum atomic E-state index is 10.0. The van der Waals surface area contributed by atoms with Crippen molar-refractivity contribution in [1.29, 1.82) is 0 Å². The van der Waals surface area contributed by atoms with E-state index in [-0.39, 0.29) is 19.6 Å². The molecule has 0 aliphatic rings. The predicted octanol–water partition coefficient (Wildman–Crippen LogP) is -3.96. The molecule has 0 aliphatic heterocycles. The fourth-order valence-corrected chi connectivity index (χ4v) is 1.79. The third kappa shape index (κ3) is 5.69. The van der Waals surface area contributed by atoms with E-state index in [9.17, 15) is 35.7 Å². The number of hydrogen-bond donors (Lipinski definition) is 8. The summed E-state index contributed by atoms with van der Waals surface area (Å²) in [5.74, 6) is 0. The third-order valence-corrected chi connectivity index (χ3v) is 3.85. The van der Waals surface area contributed by atoms with Gasteiger partial charge in [-0.3, -0.25) is 0 Å². The first-order valence-electron chi connectivity index (χ1n) is 6.98. The lowest BCUT2D eigenvalue weighted by atomic mass is 9.81. The molecule has 0 heterocycles. The van der Waals surface area contributed by atoms with Crippen LogP contribution in [-0.4, -0.2) is 106 Å². The van der Waals surface area contributed by atoms with Crippen LogP contribution in [0.4, 0.5) is 0 Å². The molecule has 0 amide bonds. The minimum absolute atomic E-state index is 0.256. The SMILES string of the molecule is OCC(O)CC(O)C(CO)(CO)COCC(CO)(CO)CO. The van der Waals surface area contributed by atoms with Crippen LogP contribution in [0.15, 0.2) is 0 Å². The Labute approximate surface area is 129 Å². The molecule has 0 bridgehead atoms. The van der Waals surface area contributed by atoms with Gasteiger partial charge < -0.3 is 45.6 Å². The minimum Gasteiger partial charge on any atom is -0.396 e. The fourth-order valence-electron chi connectivity index (χ4n) is 1.79. The van der Waals surface area contributed by atoms with Gasteiger partial charge in [-0.1, -0.05) is 0 Å². The molecule has 0 radical (unpaired) electrons. The monoisotopic (exact) mass is 328 g/mol. The number of hydrogen-bond acceptors (Lipinski definition) is 9. The summed E-state index contributed by atoms with van der Waals surface area (Å²) in [5.41, 5.74) is -2.76. The Hall–Kier alpha value is -0.360. The quantitative estimate of drug-likeness (QED) is 0.168. The summed E-state index contributed by atoms with van der Waals surface area (Å²) >= 11 is 0. The van der Waals surface area contributed by atoms with Crippen molar-refractivity contribution < 1.29 is 45.6 Å². The lowest BCUT2D eigenvalue weighted by Gasteiger charge is -2.36. The van der Waals surface area contributed by atoms with Gasteiger partial charge in [0.1, 0.15) is 0 Å². The van der Waals surface area contributed by atoms with Gasteiger partial charge in [0.25, 0.3) is 0 Å². The molecule has 0 saturated carbocycles. The molecule has 0 aliphatic carbocycles. The Balaban J connectivity index is 4.75. The van der Waals surface area contributed by atoms with Crippen molar-refractivity contribution in [3.05, 3.63) is 0 Å². The Morgan fingerprint density at radius 2 is 1.23 bits per heavy atom. The zero-order valence-electron chi connectivity index (χ0n) is 12.5. The van der Waals surface area contributed by atoms with Crippen molar-refractivity contribution in [2.45, 2.75) is 18.6 Å². The zero-order chi connectivity index (χ0) is 17.2. The zero-order valence-corrected chi connectivity index (χ0v) is 12.5. The summed E-state index contributed by atoms with van der Waals surface area (Å²) in [6.45, 7) is -4.05. The number of aliphatic hydroxyl groups excluding tert-OH is 8. The van der Waals surface area contributed by atoms with Crippen molar-refractivity contribution in [2.75, 3.05) is 52.9 Å². The molecule has 2 unspecified atom stereocenters. The molecule has 9 nitrogen and oxygen atoms in total. The molecule has 0 fully saturated rings. The van der Waals surface area contributed by atoms with Crippen molar-refractivity contribution in [3.8, 4) is 0 Å². The second-order valence-electron chi connectivity index (χ2n) is 5.73. The Kier molecular flexibility index (Phi) is 10.3. The maximum Gasteiger partial charge on any atom is 0.0795 e. The van der Waals surface area contributed by atoms with E-state index in [0.717, 1.165) is 0 Å². The standard InChI is InChI=1S/C13H28O9/c14-2-10(20)1-11(21)13(6-18,7-19)9-22-8-12(3-15,4-16)5-17/h10-11,14-21H,1-9H2. The van der Waals surface area contributed by atoms with Crippen LogP contribution in [0.2, 0.25) is 0 Å². The van der Waals surface area contributed by atoms with Gasteiger partial charge >= 0.3 is 0 Å². The third-order valence-electron chi connectivity index (χ3n) is 3.85. The number of ether oxygens (including phenoxy) is 1. The fraction of sp³-hybridized carbons (Fsp3) is 1.00. The van der Waals surface area contributed by atoms with Gasteiger partial charge in [0.2, 0.25) is 0 Å². The second-order valence-corrected chi connectivity index (χ2v) is 5.73. The van der Waals surface area contributed by atoms with Gasteiger partial charge in [-0.15, -0.1) is 0 Å². The van der Waals surface area contributed by atoms with Crippen LogP contribution in [0.3, 0.4) is 0 Å². The predicted molar refractivity (Wildman–Crippen MR) is 74.8 cm³/mol. The first kappa shape index (κ1) is 21.6. The Bertz CT molecular complexity index is 270. The van der Waals surface area contributed by atoms with Gasteiger partial charge in [0.15, 0.2) is 0 Å². The van der Waals surface area contributed by atoms with Gasteiger partial charge in [0, 0.05) is 6.42 Å². The smallest absolute Gasteiger partial charge is 0.0795 e. The average molecular weight is 328 g/mol. The van der Waals surface area contributed by atoms with Crippen LogP contribution in [0.1, 0.15) is 6.42 Å². The van der Waals surface area contributed by atoms with E-state index in [1.54, 1.807) is 0 Å². The summed E-state index contributed by atoms with van der Waals surface area (Å²) in [5, 5.41) is 74.6. The largest absolute Gasteiger partial charge is 0.396 e. The van der Waals surface area contributed by atoms with Crippen molar-refractivity contribution in [1.82, 2.24) is 0 Å². The summed E-state index contributed by atoms with van der Waals surface area (Å²) < 4.78 is 5.25. The van der Waals surface area contributed by atoms with Crippen molar-refractivity contribution in [3.63, 3.8) is 0 Å². The first-order valence-corrected chi connectivity index (χ1v) is 6.98. The lowest BCUT2D eigenvalue weighted by molar-refractivity contribution is -0.135. The molecule has 0 spiro atoms. The number of aliphatic hydroxyl groups is 8. The van der Waals surface area contributed by atoms with E-state index in [1.165, 1.54) is 0 Å². The minimum atomic E-state index is -1.48.